The van der Waals surface area contributed by atoms with Gasteiger partial charge in [0, 0.05) is 25.2 Å². The molecule has 0 N–H and O–H groups in total. The number of hydrogen-bond acceptors (Lipinski definition) is 7. The molecule has 2 unspecified atom stereocenters. The molecule has 1 aliphatic heterocycles. The summed E-state index contributed by atoms with van der Waals surface area (Å²) in [5, 5.41) is 0. The van der Waals surface area contributed by atoms with E-state index in [9.17, 15) is 4.79 Å². The standard InChI is InChI=1S/C25H28N2O5/c1-17-12-27(13-18(2)32-17)14-19-4-6-21(7-5-19)25(28)31-16-22-15-30-24(26-22)20-8-10-23(29-3)11-9-20/h4-11,15,17-18H,12-14,16H2,1-3H3. The van der Waals surface area contributed by atoms with Crippen LogP contribution in [0.4, 0.5) is 0 Å². The van der Waals surface area contributed by atoms with E-state index in [0.29, 0.717) is 17.1 Å². The number of carbonyl (C=O) groups excluding carboxylic acids is 1. The van der Waals surface area contributed by atoms with Crippen LogP contribution in [-0.4, -0.2) is 48.3 Å². The zero-order valence-electron chi connectivity index (χ0n) is 18.6. The SMILES string of the molecule is COc1ccc(-c2nc(COC(=O)c3ccc(CN4CC(C)OC(C)C4)cc3)co2)cc1. The minimum atomic E-state index is -0.390. The van der Waals surface area contributed by atoms with Crippen LogP contribution in [-0.2, 0) is 22.6 Å². The average Bonchev–Trinajstić information content (AvgIpc) is 3.26. The molecule has 0 radical (unpaired) electrons. The molecule has 4 rings (SSSR count). The Morgan fingerprint density at radius 2 is 1.75 bits per heavy atom. The maximum atomic E-state index is 12.4. The van der Waals surface area contributed by atoms with Crippen molar-refractivity contribution in [3.05, 3.63) is 71.6 Å². The number of aromatic nitrogens is 1. The fourth-order valence-corrected chi connectivity index (χ4v) is 3.88. The van der Waals surface area contributed by atoms with Crippen LogP contribution < -0.4 is 4.74 Å². The van der Waals surface area contributed by atoms with Gasteiger partial charge in [0.15, 0.2) is 0 Å². The molecule has 0 spiro atoms. The molecule has 168 valence electrons. The van der Waals surface area contributed by atoms with Gasteiger partial charge in [-0.2, -0.15) is 0 Å². The lowest BCUT2D eigenvalue weighted by Gasteiger charge is -2.35. The van der Waals surface area contributed by atoms with Gasteiger partial charge in [-0.15, -0.1) is 0 Å². The molecule has 32 heavy (non-hydrogen) atoms. The summed E-state index contributed by atoms with van der Waals surface area (Å²) in [6.45, 7) is 6.88. The van der Waals surface area contributed by atoms with Gasteiger partial charge in [-0.3, -0.25) is 4.90 Å². The first-order valence-electron chi connectivity index (χ1n) is 10.7. The van der Waals surface area contributed by atoms with Gasteiger partial charge in [-0.1, -0.05) is 12.1 Å². The van der Waals surface area contributed by atoms with Crippen LogP contribution in [0, 0.1) is 0 Å². The third-order valence-electron chi connectivity index (χ3n) is 5.33. The first-order valence-corrected chi connectivity index (χ1v) is 10.7. The summed E-state index contributed by atoms with van der Waals surface area (Å²) in [6, 6.07) is 14.9. The van der Waals surface area contributed by atoms with Crippen LogP contribution >= 0.6 is 0 Å². The first-order chi connectivity index (χ1) is 15.5. The molecule has 7 heteroatoms. The Morgan fingerprint density at radius 3 is 2.41 bits per heavy atom. The van der Waals surface area contributed by atoms with Gasteiger partial charge in [0.1, 0.15) is 24.3 Å². The molecule has 1 aliphatic rings. The minimum Gasteiger partial charge on any atom is -0.497 e. The smallest absolute Gasteiger partial charge is 0.338 e. The summed E-state index contributed by atoms with van der Waals surface area (Å²) in [7, 11) is 1.62. The van der Waals surface area contributed by atoms with Crippen molar-refractivity contribution < 1.29 is 23.4 Å². The Labute approximate surface area is 187 Å². The van der Waals surface area contributed by atoms with Crippen LogP contribution in [0.25, 0.3) is 11.5 Å². The molecule has 2 aromatic carbocycles. The number of methoxy groups -OCH3 is 1. The van der Waals surface area contributed by atoms with E-state index >= 15 is 0 Å². The summed E-state index contributed by atoms with van der Waals surface area (Å²) in [4.78, 5) is 19.2. The number of nitrogens with zero attached hydrogens (tertiary/aromatic N) is 2. The van der Waals surface area contributed by atoms with E-state index in [1.165, 1.54) is 6.26 Å². The van der Waals surface area contributed by atoms with Crippen molar-refractivity contribution in [2.75, 3.05) is 20.2 Å². The highest BCUT2D eigenvalue weighted by Gasteiger charge is 2.22. The van der Waals surface area contributed by atoms with Gasteiger partial charge >= 0.3 is 5.97 Å². The summed E-state index contributed by atoms with van der Waals surface area (Å²) < 4.78 is 21.9. The number of carbonyl (C=O) groups is 1. The lowest BCUT2D eigenvalue weighted by molar-refractivity contribution is -0.0704. The lowest BCUT2D eigenvalue weighted by Crippen LogP contribution is -2.44. The molecule has 0 bridgehead atoms. The largest absolute Gasteiger partial charge is 0.497 e. The van der Waals surface area contributed by atoms with Crippen molar-refractivity contribution in [1.82, 2.24) is 9.88 Å². The summed E-state index contributed by atoms with van der Waals surface area (Å²) in [6.07, 6.45) is 1.96. The van der Waals surface area contributed by atoms with Crippen molar-refractivity contribution in [3.8, 4) is 17.2 Å². The van der Waals surface area contributed by atoms with Gasteiger partial charge in [0.05, 0.1) is 24.9 Å². The Kier molecular flexibility index (Phi) is 6.87. The monoisotopic (exact) mass is 436 g/mol. The summed E-state index contributed by atoms with van der Waals surface area (Å²) in [5.41, 5.74) is 3.04. The fourth-order valence-electron chi connectivity index (χ4n) is 3.88. The second-order valence-corrected chi connectivity index (χ2v) is 8.10. The summed E-state index contributed by atoms with van der Waals surface area (Å²) in [5.74, 6) is 0.837. The van der Waals surface area contributed by atoms with Gasteiger partial charge in [0.25, 0.3) is 0 Å². The molecule has 0 amide bonds. The molecule has 1 aromatic heterocycles. The first kappa shape index (κ1) is 22.0. The van der Waals surface area contributed by atoms with Crippen molar-refractivity contribution in [3.63, 3.8) is 0 Å². The van der Waals surface area contributed by atoms with Crippen LogP contribution in [0.15, 0.2) is 59.2 Å². The zero-order chi connectivity index (χ0) is 22.5. The van der Waals surface area contributed by atoms with Crippen molar-refractivity contribution in [2.45, 2.75) is 39.2 Å². The molecule has 2 atom stereocenters. The normalized spacial score (nSPS) is 19.0. The molecule has 0 saturated carbocycles. The van der Waals surface area contributed by atoms with Crippen LogP contribution in [0.3, 0.4) is 0 Å². The molecule has 7 nitrogen and oxygen atoms in total. The predicted octanol–water partition coefficient (Wildman–Crippen LogP) is 4.32. The molecule has 2 heterocycles. The van der Waals surface area contributed by atoms with E-state index in [1.54, 1.807) is 19.2 Å². The van der Waals surface area contributed by atoms with Gasteiger partial charge in [-0.05, 0) is 55.8 Å². The fraction of sp³-hybridized carbons (Fsp3) is 0.360. The Balaban J connectivity index is 1.30. The molecule has 1 fully saturated rings. The zero-order valence-corrected chi connectivity index (χ0v) is 18.6. The van der Waals surface area contributed by atoms with E-state index in [4.69, 9.17) is 18.6 Å². The van der Waals surface area contributed by atoms with Gasteiger partial charge < -0.3 is 18.6 Å². The number of esters is 1. The average molecular weight is 437 g/mol. The van der Waals surface area contributed by atoms with E-state index < -0.39 is 0 Å². The molecule has 3 aromatic rings. The van der Waals surface area contributed by atoms with E-state index in [0.717, 1.165) is 36.5 Å². The van der Waals surface area contributed by atoms with Crippen LogP contribution in [0.2, 0.25) is 0 Å². The van der Waals surface area contributed by atoms with Crippen LogP contribution in [0.1, 0.15) is 35.5 Å². The van der Waals surface area contributed by atoms with Crippen LogP contribution in [0.5, 0.6) is 5.75 Å². The molecular weight excluding hydrogens is 408 g/mol. The minimum absolute atomic E-state index is 0.0454. The van der Waals surface area contributed by atoms with E-state index in [2.05, 4.69) is 23.7 Å². The number of oxazole rings is 1. The second-order valence-electron chi connectivity index (χ2n) is 8.10. The number of morpholine rings is 1. The number of rotatable bonds is 7. The van der Waals surface area contributed by atoms with Gasteiger partial charge in [0.2, 0.25) is 5.89 Å². The third-order valence-corrected chi connectivity index (χ3v) is 5.33. The molecule has 1 saturated heterocycles. The molecular formula is C25H28N2O5. The van der Waals surface area contributed by atoms with E-state index in [-0.39, 0.29) is 24.8 Å². The maximum Gasteiger partial charge on any atom is 0.338 e. The Hall–Kier alpha value is -3.16. The predicted molar refractivity (Wildman–Crippen MR) is 119 cm³/mol. The lowest BCUT2D eigenvalue weighted by atomic mass is 10.1. The quantitative estimate of drug-likeness (QED) is 0.511. The van der Waals surface area contributed by atoms with Crippen molar-refractivity contribution in [1.29, 1.82) is 0 Å². The number of hydrogen-bond donors (Lipinski definition) is 0. The topological polar surface area (TPSA) is 74.0 Å². The third kappa shape index (κ3) is 5.55. The highest BCUT2D eigenvalue weighted by atomic mass is 16.5. The maximum absolute atomic E-state index is 12.4. The highest BCUT2D eigenvalue weighted by molar-refractivity contribution is 5.89. The van der Waals surface area contributed by atoms with E-state index in [1.807, 2.05) is 36.4 Å². The Bertz CT molecular complexity index is 1020. The van der Waals surface area contributed by atoms with Crippen molar-refractivity contribution >= 4 is 5.97 Å². The summed E-state index contributed by atoms with van der Waals surface area (Å²) >= 11 is 0. The second kappa shape index (κ2) is 9.97. The Morgan fingerprint density at radius 1 is 1.06 bits per heavy atom. The van der Waals surface area contributed by atoms with Crippen molar-refractivity contribution in [2.24, 2.45) is 0 Å². The number of ether oxygens (including phenoxy) is 3. The number of benzene rings is 2. The molecule has 0 aliphatic carbocycles. The van der Waals surface area contributed by atoms with Gasteiger partial charge in [-0.25, -0.2) is 9.78 Å². The highest BCUT2D eigenvalue weighted by Crippen LogP contribution is 2.22.